The molecule has 0 spiro atoms. The minimum atomic E-state index is -0.327. The molecule has 1 fully saturated rings. The molecule has 1 heterocycles. The van der Waals surface area contributed by atoms with E-state index in [0.717, 1.165) is 37.1 Å². The number of hydrogen-bond donors (Lipinski definition) is 0. The molecule has 0 amide bonds. The summed E-state index contributed by atoms with van der Waals surface area (Å²) in [6, 6.07) is 10.2. The van der Waals surface area contributed by atoms with E-state index in [2.05, 4.69) is 17.1 Å². The number of hydrogen-bond acceptors (Lipinski definition) is 2. The molecular weight excluding hydrogens is 236 g/mol. The molecule has 1 aromatic heterocycles. The summed E-state index contributed by atoms with van der Waals surface area (Å²) < 4.78 is 1.74. The highest BCUT2D eigenvalue weighted by Gasteiger charge is 2.46. The molecule has 0 atom stereocenters. The molecule has 0 aliphatic heterocycles. The van der Waals surface area contributed by atoms with Gasteiger partial charge in [0.25, 0.3) is 0 Å². The Morgan fingerprint density at radius 2 is 2.05 bits per heavy atom. The van der Waals surface area contributed by atoms with Crippen molar-refractivity contribution in [1.82, 2.24) is 9.55 Å². The Labute approximate surface area is 113 Å². The van der Waals surface area contributed by atoms with Gasteiger partial charge in [-0.05, 0) is 18.4 Å². The summed E-state index contributed by atoms with van der Waals surface area (Å²) in [6.07, 6.45) is 7.30. The smallest absolute Gasteiger partial charge is 0.242 e. The van der Waals surface area contributed by atoms with Crippen LogP contribution in [0.4, 0.5) is 0 Å². The van der Waals surface area contributed by atoms with Crippen molar-refractivity contribution in [2.24, 2.45) is 0 Å². The zero-order valence-corrected chi connectivity index (χ0v) is 11.2. The maximum absolute atomic E-state index is 12.9. The molecule has 1 aliphatic carbocycles. The zero-order chi connectivity index (χ0) is 13.3. The second-order valence-electron chi connectivity index (χ2n) is 5.17. The summed E-state index contributed by atoms with van der Waals surface area (Å²) in [4.78, 5) is 17.2. The lowest BCUT2D eigenvalue weighted by Crippen LogP contribution is -2.45. The highest BCUT2D eigenvalue weighted by Crippen LogP contribution is 2.45. The molecule has 1 saturated carbocycles. The fraction of sp³-hybridized carbons (Fsp3) is 0.375. The van der Waals surface area contributed by atoms with E-state index in [9.17, 15) is 4.79 Å². The van der Waals surface area contributed by atoms with Crippen LogP contribution < -0.4 is 0 Å². The summed E-state index contributed by atoms with van der Waals surface area (Å²) in [6.45, 7) is 2.03. The van der Waals surface area contributed by atoms with Crippen molar-refractivity contribution in [2.45, 2.75) is 38.0 Å². The number of aromatic nitrogens is 2. The Balaban J connectivity index is 2.02. The number of rotatable bonds is 3. The van der Waals surface area contributed by atoms with Gasteiger partial charge in [-0.3, -0.25) is 9.36 Å². The van der Waals surface area contributed by atoms with E-state index in [-0.39, 0.29) is 11.3 Å². The van der Waals surface area contributed by atoms with Crippen LogP contribution in [0.5, 0.6) is 0 Å². The van der Waals surface area contributed by atoms with Gasteiger partial charge in [0.1, 0.15) is 5.82 Å². The van der Waals surface area contributed by atoms with Gasteiger partial charge < -0.3 is 0 Å². The number of benzene rings is 1. The first-order valence-electron chi connectivity index (χ1n) is 6.90. The van der Waals surface area contributed by atoms with Gasteiger partial charge in [-0.2, -0.15) is 0 Å². The summed E-state index contributed by atoms with van der Waals surface area (Å²) in [5, 5.41) is 0. The first-order chi connectivity index (χ1) is 9.28. The topological polar surface area (TPSA) is 34.9 Å². The molecule has 1 aliphatic rings. The zero-order valence-electron chi connectivity index (χ0n) is 11.2. The monoisotopic (exact) mass is 254 g/mol. The fourth-order valence-electron chi connectivity index (χ4n) is 2.92. The summed E-state index contributed by atoms with van der Waals surface area (Å²) >= 11 is 0. The van der Waals surface area contributed by atoms with E-state index in [1.165, 1.54) is 0 Å². The Hall–Kier alpha value is -1.90. The second-order valence-corrected chi connectivity index (χ2v) is 5.17. The number of carbonyl (C=O) groups excluding carboxylic acids is 1. The molecule has 3 nitrogen and oxygen atoms in total. The highest BCUT2D eigenvalue weighted by molar-refractivity contribution is 5.91. The lowest BCUT2D eigenvalue weighted by molar-refractivity contribution is 0.0690. The van der Waals surface area contributed by atoms with Crippen molar-refractivity contribution < 1.29 is 4.79 Å². The number of aryl methyl sites for hydroxylation is 1. The third-order valence-corrected chi connectivity index (χ3v) is 4.20. The Morgan fingerprint density at radius 3 is 2.63 bits per heavy atom. The maximum atomic E-state index is 12.9. The molecule has 0 radical (unpaired) electrons. The number of carbonyl (C=O) groups is 1. The van der Waals surface area contributed by atoms with Crippen molar-refractivity contribution in [3.05, 3.63) is 54.1 Å². The quantitative estimate of drug-likeness (QED) is 0.843. The van der Waals surface area contributed by atoms with E-state index < -0.39 is 0 Å². The molecule has 0 bridgehead atoms. The van der Waals surface area contributed by atoms with Gasteiger partial charge in [-0.25, -0.2) is 4.98 Å². The van der Waals surface area contributed by atoms with Crippen LogP contribution in [-0.4, -0.2) is 15.5 Å². The van der Waals surface area contributed by atoms with Crippen LogP contribution in [-0.2, 0) is 11.8 Å². The predicted octanol–water partition coefficient (Wildman–Crippen LogP) is 3.21. The molecule has 0 N–H and O–H groups in total. The van der Waals surface area contributed by atoms with Gasteiger partial charge in [-0.15, -0.1) is 0 Å². The Morgan fingerprint density at radius 1 is 1.32 bits per heavy atom. The minimum absolute atomic E-state index is 0.180. The SMILES string of the molecule is CCc1nccn1C(=O)C1(c2ccccc2)CCC1. The van der Waals surface area contributed by atoms with Crippen LogP contribution in [0.1, 0.15) is 42.4 Å². The highest BCUT2D eigenvalue weighted by atomic mass is 16.2. The molecule has 3 rings (SSSR count). The molecule has 98 valence electrons. The molecule has 2 aromatic rings. The fourth-order valence-corrected chi connectivity index (χ4v) is 2.92. The van der Waals surface area contributed by atoms with E-state index in [4.69, 9.17) is 0 Å². The average Bonchev–Trinajstić information content (AvgIpc) is 2.87. The predicted molar refractivity (Wildman–Crippen MR) is 74.2 cm³/mol. The van der Waals surface area contributed by atoms with Crippen LogP contribution in [0.2, 0.25) is 0 Å². The maximum Gasteiger partial charge on any atom is 0.242 e. The lowest BCUT2D eigenvalue weighted by atomic mass is 9.63. The molecule has 0 saturated heterocycles. The van der Waals surface area contributed by atoms with Gasteiger partial charge in [-0.1, -0.05) is 43.7 Å². The summed E-state index contributed by atoms with van der Waals surface area (Å²) in [7, 11) is 0. The van der Waals surface area contributed by atoms with Crippen LogP contribution in [0.3, 0.4) is 0 Å². The minimum Gasteiger partial charge on any atom is -0.273 e. The Kier molecular flexibility index (Phi) is 2.97. The van der Waals surface area contributed by atoms with Crippen molar-refractivity contribution in [1.29, 1.82) is 0 Å². The van der Waals surface area contributed by atoms with Crippen LogP contribution in [0, 0.1) is 0 Å². The first kappa shape index (κ1) is 12.2. The molecule has 19 heavy (non-hydrogen) atoms. The third kappa shape index (κ3) is 1.81. The van der Waals surface area contributed by atoms with Crippen molar-refractivity contribution in [3.63, 3.8) is 0 Å². The average molecular weight is 254 g/mol. The van der Waals surface area contributed by atoms with Crippen LogP contribution >= 0.6 is 0 Å². The second kappa shape index (κ2) is 4.65. The summed E-state index contributed by atoms with van der Waals surface area (Å²) in [5.74, 6) is 1.03. The number of imidazole rings is 1. The van der Waals surface area contributed by atoms with Crippen LogP contribution in [0.25, 0.3) is 0 Å². The first-order valence-corrected chi connectivity index (χ1v) is 6.90. The van der Waals surface area contributed by atoms with Gasteiger partial charge in [0.15, 0.2) is 0 Å². The molecule has 1 aromatic carbocycles. The van der Waals surface area contributed by atoms with Gasteiger partial charge in [0.2, 0.25) is 5.91 Å². The van der Waals surface area contributed by atoms with E-state index in [1.807, 2.05) is 25.1 Å². The van der Waals surface area contributed by atoms with Crippen molar-refractivity contribution in [2.75, 3.05) is 0 Å². The third-order valence-electron chi connectivity index (χ3n) is 4.20. The van der Waals surface area contributed by atoms with E-state index >= 15 is 0 Å². The normalized spacial score (nSPS) is 16.9. The van der Waals surface area contributed by atoms with E-state index in [1.54, 1.807) is 17.0 Å². The van der Waals surface area contributed by atoms with E-state index in [0.29, 0.717) is 0 Å². The van der Waals surface area contributed by atoms with Gasteiger partial charge in [0.05, 0.1) is 5.41 Å². The van der Waals surface area contributed by atoms with Crippen LogP contribution in [0.15, 0.2) is 42.7 Å². The molecule has 0 unspecified atom stereocenters. The van der Waals surface area contributed by atoms with Crippen molar-refractivity contribution in [3.8, 4) is 0 Å². The lowest BCUT2D eigenvalue weighted by Gasteiger charge is -2.40. The van der Waals surface area contributed by atoms with Gasteiger partial charge >= 0.3 is 0 Å². The standard InChI is InChI=1S/C16H18N2O/c1-2-14-17-11-12-18(14)15(19)16(9-6-10-16)13-7-4-3-5-8-13/h3-5,7-8,11-12H,2,6,9-10H2,1H3. The summed E-state index contributed by atoms with van der Waals surface area (Å²) in [5.41, 5.74) is 0.813. The molecular formula is C16H18N2O. The largest absolute Gasteiger partial charge is 0.273 e. The Bertz CT molecular complexity index is 582. The van der Waals surface area contributed by atoms with Crippen molar-refractivity contribution >= 4 is 5.91 Å². The van der Waals surface area contributed by atoms with Gasteiger partial charge in [0, 0.05) is 18.8 Å². The molecule has 3 heteroatoms. The number of nitrogens with zero attached hydrogens (tertiary/aromatic N) is 2.